The van der Waals surface area contributed by atoms with Crippen LogP contribution in [0, 0.1) is 6.92 Å². The number of aryl methyl sites for hydroxylation is 1. The number of carbonyl (C=O) groups excluding carboxylic acids is 1. The average molecular weight is 496 g/mol. The van der Waals surface area contributed by atoms with Gasteiger partial charge in [-0.05, 0) is 42.7 Å². The molecule has 1 fully saturated rings. The number of ether oxygens (including phenoxy) is 1. The normalized spacial score (nSPS) is 15.2. The van der Waals surface area contributed by atoms with Crippen molar-refractivity contribution < 1.29 is 17.9 Å². The SMILES string of the molecule is Cc1ccc(S(=O)(=O)N2CCN(CCNC(=O)COc3ccc(C(C)C)cc3)CC2)cc1.Cl. The molecule has 0 unspecified atom stereocenters. The second-order valence-corrected chi connectivity index (χ2v) is 10.4. The number of hydrogen-bond acceptors (Lipinski definition) is 5. The van der Waals surface area contributed by atoms with Crippen LogP contribution >= 0.6 is 12.4 Å². The molecule has 2 aromatic carbocycles. The van der Waals surface area contributed by atoms with E-state index in [-0.39, 0.29) is 24.9 Å². The average Bonchev–Trinajstić information content (AvgIpc) is 2.78. The van der Waals surface area contributed by atoms with Gasteiger partial charge in [-0.25, -0.2) is 8.42 Å². The van der Waals surface area contributed by atoms with Gasteiger partial charge in [0.05, 0.1) is 4.90 Å². The second kappa shape index (κ2) is 12.4. The van der Waals surface area contributed by atoms with E-state index in [1.807, 2.05) is 43.3 Å². The van der Waals surface area contributed by atoms with Crippen LogP contribution in [0.3, 0.4) is 0 Å². The molecule has 0 bridgehead atoms. The second-order valence-electron chi connectivity index (χ2n) is 8.42. The first-order valence-electron chi connectivity index (χ1n) is 11.0. The Morgan fingerprint density at radius 1 is 1.00 bits per heavy atom. The van der Waals surface area contributed by atoms with Gasteiger partial charge in [0.2, 0.25) is 10.0 Å². The number of benzene rings is 2. The van der Waals surface area contributed by atoms with E-state index in [1.165, 1.54) is 9.87 Å². The Labute approximate surface area is 203 Å². The van der Waals surface area contributed by atoms with Crippen molar-refractivity contribution in [1.29, 1.82) is 0 Å². The van der Waals surface area contributed by atoms with Crippen molar-refractivity contribution in [3.63, 3.8) is 0 Å². The number of rotatable bonds is 9. The van der Waals surface area contributed by atoms with Crippen LogP contribution in [0.1, 0.15) is 30.9 Å². The maximum atomic E-state index is 12.8. The standard InChI is InChI=1S/C24H33N3O4S.ClH/c1-19(2)21-6-8-22(9-7-21)31-18-24(28)25-12-13-26-14-16-27(17-15-26)32(29,30)23-10-4-20(3)5-11-23;/h4-11,19H,12-18H2,1-3H3,(H,25,28);1H. The van der Waals surface area contributed by atoms with E-state index in [9.17, 15) is 13.2 Å². The van der Waals surface area contributed by atoms with Crippen LogP contribution in [0.5, 0.6) is 5.75 Å². The Morgan fingerprint density at radius 2 is 1.61 bits per heavy atom. The highest BCUT2D eigenvalue weighted by Crippen LogP contribution is 2.19. The van der Waals surface area contributed by atoms with Gasteiger partial charge >= 0.3 is 0 Å². The fraction of sp³-hybridized carbons (Fsp3) is 0.458. The molecule has 0 radical (unpaired) electrons. The van der Waals surface area contributed by atoms with Crippen LogP contribution in [-0.4, -0.2) is 69.4 Å². The number of halogens is 1. The monoisotopic (exact) mass is 495 g/mol. The van der Waals surface area contributed by atoms with Gasteiger partial charge in [0.15, 0.2) is 6.61 Å². The van der Waals surface area contributed by atoms with Gasteiger partial charge in [0.25, 0.3) is 5.91 Å². The molecule has 0 aliphatic carbocycles. The minimum absolute atomic E-state index is 0. The van der Waals surface area contributed by atoms with Gasteiger partial charge in [0.1, 0.15) is 5.75 Å². The van der Waals surface area contributed by atoms with E-state index in [2.05, 4.69) is 24.1 Å². The Morgan fingerprint density at radius 3 is 2.18 bits per heavy atom. The summed E-state index contributed by atoms with van der Waals surface area (Å²) in [4.78, 5) is 14.6. The van der Waals surface area contributed by atoms with E-state index >= 15 is 0 Å². The zero-order valence-electron chi connectivity index (χ0n) is 19.5. The molecule has 0 saturated carbocycles. The van der Waals surface area contributed by atoms with Gasteiger partial charge < -0.3 is 10.1 Å². The molecular formula is C24H34ClN3O4S. The number of piperazine rings is 1. The van der Waals surface area contributed by atoms with Gasteiger partial charge in [-0.15, -0.1) is 12.4 Å². The maximum Gasteiger partial charge on any atom is 0.257 e. The van der Waals surface area contributed by atoms with E-state index in [1.54, 1.807) is 12.1 Å². The lowest BCUT2D eigenvalue weighted by Gasteiger charge is -2.34. The molecular weight excluding hydrogens is 462 g/mol. The van der Waals surface area contributed by atoms with E-state index in [0.29, 0.717) is 55.8 Å². The topological polar surface area (TPSA) is 79.0 Å². The molecule has 1 aliphatic heterocycles. The fourth-order valence-electron chi connectivity index (χ4n) is 3.56. The van der Waals surface area contributed by atoms with Crippen LogP contribution < -0.4 is 10.1 Å². The highest BCUT2D eigenvalue weighted by atomic mass is 35.5. The summed E-state index contributed by atoms with van der Waals surface area (Å²) < 4.78 is 32.7. The third-order valence-electron chi connectivity index (χ3n) is 5.66. The fourth-order valence-corrected chi connectivity index (χ4v) is 4.98. The van der Waals surface area contributed by atoms with Crippen molar-refractivity contribution in [1.82, 2.24) is 14.5 Å². The number of carbonyl (C=O) groups is 1. The van der Waals surface area contributed by atoms with Crippen molar-refractivity contribution in [3.05, 3.63) is 59.7 Å². The summed E-state index contributed by atoms with van der Waals surface area (Å²) in [5.41, 5.74) is 2.26. The Balaban J connectivity index is 0.00000385. The van der Waals surface area contributed by atoms with Crippen LogP contribution in [0.2, 0.25) is 0 Å². The van der Waals surface area contributed by atoms with Gasteiger partial charge in [-0.3, -0.25) is 9.69 Å². The van der Waals surface area contributed by atoms with Crippen molar-refractivity contribution in [3.8, 4) is 5.75 Å². The summed E-state index contributed by atoms with van der Waals surface area (Å²) in [5.74, 6) is 0.964. The first-order chi connectivity index (χ1) is 15.3. The minimum atomic E-state index is -3.46. The molecule has 33 heavy (non-hydrogen) atoms. The molecule has 2 aromatic rings. The lowest BCUT2D eigenvalue weighted by molar-refractivity contribution is -0.123. The molecule has 0 aromatic heterocycles. The molecule has 1 N–H and O–H groups in total. The zero-order valence-corrected chi connectivity index (χ0v) is 21.1. The predicted octanol–water partition coefficient (Wildman–Crippen LogP) is 3.04. The highest BCUT2D eigenvalue weighted by molar-refractivity contribution is 7.89. The number of nitrogens with one attached hydrogen (secondary N) is 1. The quantitative estimate of drug-likeness (QED) is 0.578. The van der Waals surface area contributed by atoms with Crippen LogP contribution in [-0.2, 0) is 14.8 Å². The molecule has 7 nitrogen and oxygen atoms in total. The van der Waals surface area contributed by atoms with E-state index in [0.717, 1.165) is 5.56 Å². The Kier molecular flexibility index (Phi) is 10.2. The number of sulfonamides is 1. The molecule has 1 heterocycles. The van der Waals surface area contributed by atoms with Crippen molar-refractivity contribution in [2.24, 2.45) is 0 Å². The zero-order chi connectivity index (χ0) is 23.1. The van der Waals surface area contributed by atoms with Gasteiger partial charge in [-0.2, -0.15) is 4.31 Å². The molecule has 1 amide bonds. The summed E-state index contributed by atoms with van der Waals surface area (Å²) in [6.07, 6.45) is 0. The summed E-state index contributed by atoms with van der Waals surface area (Å²) in [6, 6.07) is 14.7. The summed E-state index contributed by atoms with van der Waals surface area (Å²) in [7, 11) is -3.46. The smallest absolute Gasteiger partial charge is 0.257 e. The molecule has 1 saturated heterocycles. The first-order valence-corrected chi connectivity index (χ1v) is 12.5. The first kappa shape index (κ1) is 27.1. The van der Waals surface area contributed by atoms with Gasteiger partial charge in [0, 0.05) is 39.3 Å². The molecule has 3 rings (SSSR count). The number of amides is 1. The molecule has 0 spiro atoms. The maximum absolute atomic E-state index is 12.8. The molecule has 1 aliphatic rings. The Hall–Kier alpha value is -2.13. The van der Waals surface area contributed by atoms with Crippen LogP contribution in [0.25, 0.3) is 0 Å². The number of hydrogen-bond donors (Lipinski definition) is 1. The molecule has 0 atom stereocenters. The molecule has 182 valence electrons. The predicted molar refractivity (Wildman–Crippen MR) is 133 cm³/mol. The summed E-state index contributed by atoms with van der Waals surface area (Å²) in [6.45, 7) is 9.51. The lowest BCUT2D eigenvalue weighted by Crippen LogP contribution is -2.50. The summed E-state index contributed by atoms with van der Waals surface area (Å²) in [5, 5.41) is 2.86. The Bertz CT molecular complexity index is 987. The molecule has 9 heteroatoms. The third-order valence-corrected chi connectivity index (χ3v) is 7.57. The van der Waals surface area contributed by atoms with E-state index in [4.69, 9.17) is 4.74 Å². The third kappa shape index (κ3) is 7.71. The lowest BCUT2D eigenvalue weighted by atomic mass is 10.0. The van der Waals surface area contributed by atoms with Crippen molar-refractivity contribution in [2.45, 2.75) is 31.6 Å². The van der Waals surface area contributed by atoms with Crippen LogP contribution in [0.15, 0.2) is 53.4 Å². The summed E-state index contributed by atoms with van der Waals surface area (Å²) >= 11 is 0. The highest BCUT2D eigenvalue weighted by Gasteiger charge is 2.28. The van der Waals surface area contributed by atoms with Crippen molar-refractivity contribution >= 4 is 28.3 Å². The van der Waals surface area contributed by atoms with Crippen LogP contribution in [0.4, 0.5) is 0 Å². The minimum Gasteiger partial charge on any atom is -0.484 e. The van der Waals surface area contributed by atoms with Crippen molar-refractivity contribution in [2.75, 3.05) is 45.9 Å². The van der Waals surface area contributed by atoms with Gasteiger partial charge in [-0.1, -0.05) is 43.7 Å². The van der Waals surface area contributed by atoms with E-state index < -0.39 is 10.0 Å². The largest absolute Gasteiger partial charge is 0.484 e. The number of nitrogens with zero attached hydrogens (tertiary/aromatic N) is 2.